The Labute approximate surface area is 143 Å². The van der Waals surface area contributed by atoms with Gasteiger partial charge < -0.3 is 14.8 Å². The molecule has 0 saturated heterocycles. The van der Waals surface area contributed by atoms with Gasteiger partial charge in [0.1, 0.15) is 0 Å². The van der Waals surface area contributed by atoms with E-state index in [2.05, 4.69) is 5.32 Å². The molecule has 24 heavy (non-hydrogen) atoms. The molecule has 4 nitrogen and oxygen atoms in total. The molecule has 0 aliphatic carbocycles. The van der Waals surface area contributed by atoms with Gasteiger partial charge in [-0.2, -0.15) is 0 Å². The maximum atomic E-state index is 13.1. The normalized spacial score (nSPS) is 10.3. The molecule has 0 atom stereocenters. The second-order valence-corrected chi connectivity index (χ2v) is 5.96. The van der Waals surface area contributed by atoms with E-state index in [-0.39, 0.29) is 12.3 Å². The van der Waals surface area contributed by atoms with Crippen molar-refractivity contribution >= 4 is 23.4 Å². The summed E-state index contributed by atoms with van der Waals surface area (Å²) in [4.78, 5) is 12.5. The number of halogens is 2. The number of methoxy groups -OCH3 is 2. The van der Waals surface area contributed by atoms with Crippen molar-refractivity contribution in [2.45, 2.75) is 11.3 Å². The summed E-state index contributed by atoms with van der Waals surface area (Å²) in [5, 5.41) is 2.75. The Morgan fingerprint density at radius 2 is 1.79 bits per heavy atom. The average Bonchev–Trinajstić information content (AvgIpc) is 2.58. The van der Waals surface area contributed by atoms with Gasteiger partial charge in [-0.05, 0) is 30.3 Å². The highest BCUT2D eigenvalue weighted by molar-refractivity contribution is 7.99. The molecular weight excluding hydrogens is 336 g/mol. The number of amides is 1. The molecule has 0 fully saturated rings. The molecule has 0 heterocycles. The zero-order valence-electron chi connectivity index (χ0n) is 13.3. The molecule has 0 spiro atoms. The van der Waals surface area contributed by atoms with Crippen molar-refractivity contribution < 1.29 is 23.0 Å². The van der Waals surface area contributed by atoms with Gasteiger partial charge in [0, 0.05) is 28.8 Å². The number of ether oxygens (including phenoxy) is 2. The van der Waals surface area contributed by atoms with Crippen molar-refractivity contribution in [3.05, 3.63) is 48.0 Å². The lowest BCUT2D eigenvalue weighted by Crippen LogP contribution is -2.12. The van der Waals surface area contributed by atoms with Crippen LogP contribution in [0.3, 0.4) is 0 Å². The Hall–Kier alpha value is -2.28. The lowest BCUT2D eigenvalue weighted by atomic mass is 10.2. The van der Waals surface area contributed by atoms with Crippen LogP contribution in [0.25, 0.3) is 0 Å². The van der Waals surface area contributed by atoms with Crippen LogP contribution in [0.4, 0.5) is 14.5 Å². The zero-order chi connectivity index (χ0) is 17.5. The van der Waals surface area contributed by atoms with Crippen LogP contribution in [0.1, 0.15) is 6.42 Å². The summed E-state index contributed by atoms with van der Waals surface area (Å²) in [5.74, 6) is -0.419. The molecule has 0 radical (unpaired) electrons. The Morgan fingerprint density at radius 3 is 2.46 bits per heavy atom. The van der Waals surface area contributed by atoms with Crippen LogP contribution in [-0.2, 0) is 4.79 Å². The van der Waals surface area contributed by atoms with Gasteiger partial charge in [-0.15, -0.1) is 11.8 Å². The minimum Gasteiger partial charge on any atom is -0.493 e. The van der Waals surface area contributed by atoms with Gasteiger partial charge in [0.05, 0.1) is 14.2 Å². The van der Waals surface area contributed by atoms with Crippen LogP contribution in [0, 0.1) is 11.6 Å². The van der Waals surface area contributed by atoms with E-state index < -0.39 is 11.6 Å². The number of anilines is 1. The first-order valence-electron chi connectivity index (χ1n) is 7.13. The molecule has 2 rings (SSSR count). The van der Waals surface area contributed by atoms with E-state index in [4.69, 9.17) is 9.47 Å². The number of thioether (sulfide) groups is 1. The van der Waals surface area contributed by atoms with Crippen molar-refractivity contribution in [2.24, 2.45) is 0 Å². The quantitative estimate of drug-likeness (QED) is 0.761. The SMILES string of the molecule is COc1ccc(NC(=O)CCSc2ccc(F)c(F)c2)cc1OC. The minimum atomic E-state index is -0.894. The maximum absolute atomic E-state index is 13.1. The van der Waals surface area contributed by atoms with Crippen molar-refractivity contribution in [2.75, 3.05) is 25.3 Å². The summed E-state index contributed by atoms with van der Waals surface area (Å²) < 4.78 is 36.2. The van der Waals surface area contributed by atoms with E-state index in [1.165, 1.54) is 32.0 Å². The second-order valence-electron chi connectivity index (χ2n) is 4.79. The third-order valence-electron chi connectivity index (χ3n) is 3.16. The summed E-state index contributed by atoms with van der Waals surface area (Å²) in [6.45, 7) is 0. The molecule has 0 unspecified atom stereocenters. The fraction of sp³-hybridized carbons (Fsp3) is 0.235. The van der Waals surface area contributed by atoms with Crippen molar-refractivity contribution in [1.29, 1.82) is 0 Å². The minimum absolute atomic E-state index is 0.183. The summed E-state index contributed by atoms with van der Waals surface area (Å²) >= 11 is 1.28. The van der Waals surface area contributed by atoms with Gasteiger partial charge in [-0.3, -0.25) is 4.79 Å². The van der Waals surface area contributed by atoms with Crippen LogP contribution in [0.2, 0.25) is 0 Å². The second kappa shape index (κ2) is 8.54. The van der Waals surface area contributed by atoms with E-state index in [1.807, 2.05) is 0 Å². The van der Waals surface area contributed by atoms with Crippen LogP contribution in [0.5, 0.6) is 11.5 Å². The van der Waals surface area contributed by atoms with Crippen LogP contribution >= 0.6 is 11.8 Å². The number of benzene rings is 2. The molecule has 2 aromatic rings. The van der Waals surface area contributed by atoms with Crippen LogP contribution in [-0.4, -0.2) is 25.9 Å². The van der Waals surface area contributed by atoms with Crippen molar-refractivity contribution in [3.8, 4) is 11.5 Å². The highest BCUT2D eigenvalue weighted by Gasteiger charge is 2.08. The highest BCUT2D eigenvalue weighted by Crippen LogP contribution is 2.30. The summed E-state index contributed by atoms with van der Waals surface area (Å²) in [6, 6.07) is 8.74. The van der Waals surface area contributed by atoms with Gasteiger partial charge in [0.15, 0.2) is 23.1 Å². The molecule has 1 N–H and O–H groups in total. The molecule has 1 amide bonds. The number of hydrogen-bond donors (Lipinski definition) is 1. The molecule has 128 valence electrons. The van der Waals surface area contributed by atoms with Crippen molar-refractivity contribution in [3.63, 3.8) is 0 Å². The molecule has 0 bridgehead atoms. The van der Waals surface area contributed by atoms with Crippen LogP contribution < -0.4 is 14.8 Å². The molecule has 0 saturated carbocycles. The fourth-order valence-electron chi connectivity index (χ4n) is 1.97. The molecular formula is C17H17F2NO3S. The van der Waals surface area contributed by atoms with E-state index in [1.54, 1.807) is 18.2 Å². The van der Waals surface area contributed by atoms with Gasteiger partial charge in [0.2, 0.25) is 5.91 Å². The average molecular weight is 353 g/mol. The highest BCUT2D eigenvalue weighted by atomic mass is 32.2. The monoisotopic (exact) mass is 353 g/mol. The smallest absolute Gasteiger partial charge is 0.225 e. The lowest BCUT2D eigenvalue weighted by Gasteiger charge is -2.10. The fourth-order valence-corrected chi connectivity index (χ4v) is 2.84. The summed E-state index contributed by atoms with van der Waals surface area (Å²) in [5.41, 5.74) is 0.593. The van der Waals surface area contributed by atoms with E-state index >= 15 is 0 Å². The number of carbonyl (C=O) groups is 1. The first-order chi connectivity index (χ1) is 11.5. The molecule has 0 aliphatic heterocycles. The largest absolute Gasteiger partial charge is 0.493 e. The third-order valence-corrected chi connectivity index (χ3v) is 4.15. The lowest BCUT2D eigenvalue weighted by molar-refractivity contribution is -0.115. The number of rotatable bonds is 7. The summed E-state index contributed by atoms with van der Waals surface area (Å²) in [7, 11) is 3.05. The number of hydrogen-bond acceptors (Lipinski definition) is 4. The molecule has 2 aromatic carbocycles. The first-order valence-corrected chi connectivity index (χ1v) is 8.11. The Morgan fingerprint density at radius 1 is 1.04 bits per heavy atom. The molecule has 0 aromatic heterocycles. The van der Waals surface area contributed by atoms with Gasteiger partial charge >= 0.3 is 0 Å². The van der Waals surface area contributed by atoms with Gasteiger partial charge in [-0.25, -0.2) is 8.78 Å². The van der Waals surface area contributed by atoms with E-state index in [0.717, 1.165) is 12.1 Å². The van der Waals surface area contributed by atoms with E-state index in [9.17, 15) is 13.6 Å². The third kappa shape index (κ3) is 4.86. The standard InChI is InChI=1S/C17H17F2NO3S/c1-22-15-6-3-11(9-16(15)23-2)20-17(21)7-8-24-12-4-5-13(18)14(19)10-12/h3-6,9-10H,7-8H2,1-2H3,(H,20,21). The van der Waals surface area contributed by atoms with Gasteiger partial charge in [0.25, 0.3) is 0 Å². The first kappa shape index (κ1) is 18.1. The van der Waals surface area contributed by atoms with E-state index in [0.29, 0.717) is 27.8 Å². The van der Waals surface area contributed by atoms with Gasteiger partial charge in [-0.1, -0.05) is 0 Å². The Bertz CT molecular complexity index is 725. The maximum Gasteiger partial charge on any atom is 0.225 e. The topological polar surface area (TPSA) is 47.6 Å². The summed E-state index contributed by atoms with van der Waals surface area (Å²) in [6.07, 6.45) is 0.234. The zero-order valence-corrected chi connectivity index (χ0v) is 14.1. The molecule has 0 aliphatic rings. The Balaban J connectivity index is 1.86. The number of carbonyl (C=O) groups excluding carboxylic acids is 1. The predicted octanol–water partition coefficient (Wildman–Crippen LogP) is 4.10. The predicted molar refractivity (Wildman–Crippen MR) is 89.9 cm³/mol. The Kier molecular flexibility index (Phi) is 6.43. The van der Waals surface area contributed by atoms with Crippen LogP contribution in [0.15, 0.2) is 41.3 Å². The number of nitrogens with one attached hydrogen (secondary N) is 1. The molecule has 7 heteroatoms. The van der Waals surface area contributed by atoms with Crippen molar-refractivity contribution in [1.82, 2.24) is 0 Å².